The molecule has 6 aromatic carbocycles. The fraction of sp³-hybridized carbons (Fsp3) is 0.344. The third-order valence-corrected chi connectivity index (χ3v) is 18.3. The molecule has 0 heterocycles. The lowest BCUT2D eigenvalue weighted by atomic mass is 9.79. The van der Waals surface area contributed by atoms with Crippen LogP contribution < -0.4 is 10.6 Å². The second kappa shape index (κ2) is 19.0. The molecule has 6 aromatic rings. The second-order valence-corrected chi connectivity index (χ2v) is 26.9. The van der Waals surface area contributed by atoms with Gasteiger partial charge in [-0.1, -0.05) is 178 Å². The summed E-state index contributed by atoms with van der Waals surface area (Å²) in [5.41, 5.74) is 7.58. The summed E-state index contributed by atoms with van der Waals surface area (Å²) >= 11 is 0. The lowest BCUT2D eigenvalue weighted by Crippen LogP contribution is -2.53. The Labute approximate surface area is 411 Å². The minimum Gasteiger partial charge on any atom is -0.547 e. The predicted molar refractivity (Wildman–Crippen MR) is 282 cm³/mol. The highest BCUT2D eigenvalue weighted by Crippen LogP contribution is 2.53. The van der Waals surface area contributed by atoms with E-state index >= 15 is 0 Å². The summed E-state index contributed by atoms with van der Waals surface area (Å²) in [6.07, 6.45) is 3.09. The Hall–Kier alpha value is -6.06. The molecule has 69 heavy (non-hydrogen) atoms. The molecule has 0 spiro atoms. The van der Waals surface area contributed by atoms with Crippen LogP contribution in [-0.2, 0) is 34.6 Å². The van der Waals surface area contributed by atoms with E-state index in [9.17, 15) is 9.59 Å². The molecule has 0 aromatic heterocycles. The summed E-state index contributed by atoms with van der Waals surface area (Å²) in [5, 5.41) is 7.84. The lowest BCUT2D eigenvalue weighted by Gasteiger charge is -2.39. The van der Waals surface area contributed by atoms with Crippen LogP contribution >= 0.6 is 0 Å². The molecular formula is C61H70N2O5Si. The number of hydrogen-bond acceptors (Lipinski definition) is 7. The SMILES string of the molecule is CC(C)(C)OC(=O)[C@H](C/C=C(\CC[C@H](NC1(c2ccccc2)c2ccccc2-c2ccccc21)C(=O)OC(C)(C)C)O[Si](C)(C)C(C)(C)C)NC1(c2ccccc2)c2ccccc2-c2ccccc21. The molecule has 2 N–H and O–H groups in total. The first-order chi connectivity index (χ1) is 32.6. The number of allylic oxidation sites excluding steroid dienone is 1. The Morgan fingerprint density at radius 3 is 1.20 bits per heavy atom. The van der Waals surface area contributed by atoms with Gasteiger partial charge in [-0.05, 0) is 134 Å². The Kier molecular flexibility index (Phi) is 13.6. The van der Waals surface area contributed by atoms with Crippen LogP contribution in [0.25, 0.3) is 22.3 Å². The highest BCUT2D eigenvalue weighted by molar-refractivity contribution is 6.74. The van der Waals surface area contributed by atoms with Crippen molar-refractivity contribution in [3.05, 3.63) is 203 Å². The van der Waals surface area contributed by atoms with Crippen LogP contribution in [0.3, 0.4) is 0 Å². The van der Waals surface area contributed by atoms with E-state index in [1.807, 2.05) is 53.7 Å². The molecule has 358 valence electrons. The Morgan fingerprint density at radius 1 is 0.507 bits per heavy atom. The number of carbonyl (C=O) groups excluding carboxylic acids is 2. The minimum absolute atomic E-state index is 0.138. The van der Waals surface area contributed by atoms with Crippen molar-refractivity contribution in [2.45, 2.75) is 134 Å². The maximum Gasteiger partial charge on any atom is 0.324 e. The lowest BCUT2D eigenvalue weighted by molar-refractivity contribution is -0.159. The molecule has 2 aliphatic carbocycles. The van der Waals surface area contributed by atoms with Crippen molar-refractivity contribution in [1.82, 2.24) is 10.6 Å². The van der Waals surface area contributed by atoms with Crippen LogP contribution in [-0.4, -0.2) is 43.5 Å². The van der Waals surface area contributed by atoms with Gasteiger partial charge in [0.2, 0.25) is 8.32 Å². The molecule has 0 fully saturated rings. The summed E-state index contributed by atoms with van der Waals surface area (Å²) in [4.78, 5) is 29.7. The molecule has 8 heteroatoms. The topological polar surface area (TPSA) is 85.9 Å². The smallest absolute Gasteiger partial charge is 0.324 e. The zero-order valence-electron chi connectivity index (χ0n) is 42.4. The van der Waals surface area contributed by atoms with Crippen molar-refractivity contribution in [2.75, 3.05) is 0 Å². The zero-order valence-corrected chi connectivity index (χ0v) is 43.4. The average molecular weight is 939 g/mol. The monoisotopic (exact) mass is 939 g/mol. The van der Waals surface area contributed by atoms with E-state index in [0.29, 0.717) is 12.8 Å². The molecule has 0 saturated heterocycles. The number of rotatable bonds is 15. The van der Waals surface area contributed by atoms with Crippen molar-refractivity contribution >= 4 is 20.3 Å². The van der Waals surface area contributed by atoms with Gasteiger partial charge in [0.1, 0.15) is 23.3 Å². The van der Waals surface area contributed by atoms with Crippen LogP contribution in [0.1, 0.15) is 115 Å². The van der Waals surface area contributed by atoms with Crippen LogP contribution in [0.2, 0.25) is 18.1 Å². The highest BCUT2D eigenvalue weighted by atomic mass is 28.4. The maximum atomic E-state index is 14.8. The minimum atomic E-state index is -2.48. The number of ether oxygens (including phenoxy) is 2. The first-order valence-electron chi connectivity index (χ1n) is 24.5. The molecule has 2 aliphatic rings. The molecule has 8 rings (SSSR count). The van der Waals surface area contributed by atoms with Crippen LogP contribution in [0.4, 0.5) is 0 Å². The van der Waals surface area contributed by atoms with Gasteiger partial charge in [0, 0.05) is 6.42 Å². The third-order valence-electron chi connectivity index (χ3n) is 13.9. The first-order valence-corrected chi connectivity index (χ1v) is 27.4. The normalized spacial score (nSPS) is 15.8. The van der Waals surface area contributed by atoms with E-state index in [-0.39, 0.29) is 23.4 Å². The summed E-state index contributed by atoms with van der Waals surface area (Å²) in [6, 6.07) is 53.1. The van der Waals surface area contributed by atoms with Gasteiger partial charge < -0.3 is 13.9 Å². The summed E-state index contributed by atoms with van der Waals surface area (Å²) in [5.74, 6) is 0.0246. The van der Waals surface area contributed by atoms with Crippen LogP contribution in [0.5, 0.6) is 0 Å². The molecule has 2 atom stereocenters. The molecule has 0 bridgehead atoms. The highest BCUT2D eigenvalue weighted by Gasteiger charge is 2.49. The summed E-state index contributed by atoms with van der Waals surface area (Å²) in [6.45, 7) is 22.6. The summed E-state index contributed by atoms with van der Waals surface area (Å²) in [7, 11) is -2.48. The van der Waals surface area contributed by atoms with Crippen LogP contribution in [0, 0.1) is 0 Å². The van der Waals surface area contributed by atoms with Gasteiger partial charge >= 0.3 is 11.9 Å². The Bertz CT molecular complexity index is 2740. The number of esters is 2. The van der Waals surface area contributed by atoms with E-state index in [2.05, 4.69) is 196 Å². The van der Waals surface area contributed by atoms with Gasteiger partial charge in [-0.2, -0.15) is 0 Å². The van der Waals surface area contributed by atoms with Gasteiger partial charge in [0.15, 0.2) is 0 Å². The van der Waals surface area contributed by atoms with Crippen molar-refractivity contribution in [2.24, 2.45) is 0 Å². The van der Waals surface area contributed by atoms with Gasteiger partial charge in [-0.25, -0.2) is 0 Å². The molecular weight excluding hydrogens is 869 g/mol. The fourth-order valence-corrected chi connectivity index (χ4v) is 11.0. The Balaban J connectivity index is 1.23. The van der Waals surface area contributed by atoms with E-state index < -0.39 is 42.7 Å². The van der Waals surface area contributed by atoms with Gasteiger partial charge in [-0.15, -0.1) is 0 Å². The van der Waals surface area contributed by atoms with Crippen LogP contribution in [0.15, 0.2) is 170 Å². The number of hydrogen-bond donors (Lipinski definition) is 2. The van der Waals surface area contributed by atoms with E-state index in [0.717, 1.165) is 61.4 Å². The Morgan fingerprint density at radius 2 is 0.841 bits per heavy atom. The number of fused-ring (bicyclic) bond motifs is 6. The van der Waals surface area contributed by atoms with Crippen molar-refractivity contribution in [3.8, 4) is 22.3 Å². The van der Waals surface area contributed by atoms with Gasteiger partial charge in [0.05, 0.1) is 16.8 Å². The number of benzene rings is 6. The van der Waals surface area contributed by atoms with Crippen molar-refractivity contribution < 1.29 is 23.5 Å². The fourth-order valence-electron chi connectivity index (χ4n) is 9.89. The second-order valence-electron chi connectivity index (χ2n) is 22.2. The first kappa shape index (κ1) is 49.4. The molecule has 0 radical (unpaired) electrons. The molecule has 0 aliphatic heterocycles. The van der Waals surface area contributed by atoms with Gasteiger partial charge in [-0.3, -0.25) is 20.2 Å². The van der Waals surface area contributed by atoms with Crippen molar-refractivity contribution in [3.63, 3.8) is 0 Å². The number of nitrogens with one attached hydrogen (secondary N) is 2. The third kappa shape index (κ3) is 9.90. The van der Waals surface area contributed by atoms with E-state index in [4.69, 9.17) is 13.9 Å². The van der Waals surface area contributed by atoms with E-state index in [1.54, 1.807) is 0 Å². The molecule has 7 nitrogen and oxygen atoms in total. The summed E-state index contributed by atoms with van der Waals surface area (Å²) < 4.78 is 19.9. The largest absolute Gasteiger partial charge is 0.547 e. The predicted octanol–water partition coefficient (Wildman–Crippen LogP) is 13.6. The average Bonchev–Trinajstić information content (AvgIpc) is 3.75. The molecule has 0 saturated carbocycles. The molecule has 0 unspecified atom stereocenters. The number of carbonyl (C=O) groups is 2. The van der Waals surface area contributed by atoms with Crippen molar-refractivity contribution in [1.29, 1.82) is 0 Å². The quantitative estimate of drug-likeness (QED) is 0.0602. The standard InChI is InChI=1S/C61H70N2O5Si/c1-57(2,3)66-55(64)53(62-60(42-26-14-12-15-27-42)49-34-22-18-30-45(49)46-31-19-23-35-50(46)60)40-38-44(68-69(10,11)59(7,8)9)39-41-54(56(65)67-58(4,5)6)63-61(43-28-16-13-17-29-43)51-36-24-20-32-47(51)48-33-21-25-37-52(48)61/h12-38,53-54,62-63H,39-41H2,1-11H3/b44-38+/t53-,54-/m0/s1. The maximum absolute atomic E-state index is 14.8. The molecule has 0 amide bonds. The van der Waals surface area contributed by atoms with Gasteiger partial charge in [0.25, 0.3) is 0 Å². The van der Waals surface area contributed by atoms with E-state index in [1.165, 1.54) is 0 Å². The zero-order chi connectivity index (χ0) is 49.4.